The lowest BCUT2D eigenvalue weighted by Crippen LogP contribution is -2.52. The van der Waals surface area contributed by atoms with Crippen LogP contribution in [-0.4, -0.2) is 67.7 Å². The van der Waals surface area contributed by atoms with Crippen LogP contribution in [0.5, 0.6) is 11.5 Å². The van der Waals surface area contributed by atoms with E-state index in [4.69, 9.17) is 10.5 Å². The van der Waals surface area contributed by atoms with Crippen LogP contribution in [0.1, 0.15) is 108 Å². The van der Waals surface area contributed by atoms with Gasteiger partial charge in [0.25, 0.3) is 0 Å². The Balaban J connectivity index is 0.904. The molecule has 66 heavy (non-hydrogen) atoms. The number of aromatic hydroxyl groups is 1. The number of aromatic nitrogens is 3. The van der Waals surface area contributed by atoms with Crippen LogP contribution in [0, 0.1) is 24.2 Å². The van der Waals surface area contributed by atoms with Gasteiger partial charge in [0, 0.05) is 36.9 Å². The van der Waals surface area contributed by atoms with Crippen molar-refractivity contribution in [3.63, 3.8) is 0 Å². The molecule has 2 unspecified atom stereocenters. The van der Waals surface area contributed by atoms with Crippen LogP contribution in [0.25, 0.3) is 21.7 Å². The lowest BCUT2D eigenvalue weighted by atomic mass is 9.77. The fourth-order valence-corrected chi connectivity index (χ4v) is 9.21. The summed E-state index contributed by atoms with van der Waals surface area (Å²) in [5.41, 5.74) is 12.0. The summed E-state index contributed by atoms with van der Waals surface area (Å²) in [6.45, 7) is 8.06. The zero-order chi connectivity index (χ0) is 47.2. The molecule has 2 heterocycles. The van der Waals surface area contributed by atoms with Gasteiger partial charge in [0.05, 0.1) is 40.2 Å². The molecule has 5 aromatic rings. The Morgan fingerprint density at radius 2 is 1.47 bits per heavy atom. The SMILES string of the molecule is Cc1ncsc1-c1ccc(CNC(=O)[C@@H]2C[C@@H](O)CC2C(=O)[C@@H](NC(=O)CCCCCCCCC(=O)NC(COc2cc(-c3ccccc3O)nnc2N)c2ccccc2)C(C)(C)C)cc1. The molecule has 14 nitrogen and oxygen atoms in total. The predicted octanol–water partition coefficient (Wildman–Crippen LogP) is 8.02. The number of rotatable bonds is 22. The molecule has 350 valence electrons. The number of aryl methyl sites for hydroxylation is 1. The summed E-state index contributed by atoms with van der Waals surface area (Å²) in [7, 11) is 0. The molecular formula is C51H63N7O7S. The topological polar surface area (TPSA) is 219 Å². The number of nitrogens with zero attached hydrogens (tertiary/aromatic N) is 3. The molecule has 15 heteroatoms. The lowest BCUT2D eigenvalue weighted by Gasteiger charge is -2.33. The summed E-state index contributed by atoms with van der Waals surface area (Å²) in [5.74, 6) is -1.80. The van der Waals surface area contributed by atoms with E-state index in [0.29, 0.717) is 37.1 Å². The number of nitrogen functional groups attached to an aromatic ring is 1. The molecule has 0 aliphatic heterocycles. The number of phenols is 1. The van der Waals surface area contributed by atoms with Crippen LogP contribution < -0.4 is 26.4 Å². The third-order valence-electron chi connectivity index (χ3n) is 12.1. The minimum Gasteiger partial charge on any atom is -0.507 e. The highest BCUT2D eigenvalue weighted by Gasteiger charge is 2.46. The van der Waals surface area contributed by atoms with Gasteiger partial charge in [0.15, 0.2) is 17.4 Å². The molecule has 0 bridgehead atoms. The number of anilines is 1. The Bertz CT molecular complexity index is 2400. The Morgan fingerprint density at radius 3 is 2.12 bits per heavy atom. The molecule has 2 aromatic heterocycles. The van der Waals surface area contributed by atoms with E-state index >= 15 is 0 Å². The molecule has 1 saturated carbocycles. The van der Waals surface area contributed by atoms with E-state index in [0.717, 1.165) is 52.9 Å². The number of aliphatic hydroxyl groups is 1. The number of thiazole rings is 1. The second-order valence-electron chi connectivity index (χ2n) is 18.2. The summed E-state index contributed by atoms with van der Waals surface area (Å²) in [6, 6.07) is 24.6. The summed E-state index contributed by atoms with van der Waals surface area (Å²) >= 11 is 1.58. The van der Waals surface area contributed by atoms with Gasteiger partial charge >= 0.3 is 0 Å². The van der Waals surface area contributed by atoms with E-state index in [2.05, 4.69) is 31.1 Å². The number of ether oxygens (including phenoxy) is 1. The van der Waals surface area contributed by atoms with Gasteiger partial charge in [0.1, 0.15) is 18.1 Å². The van der Waals surface area contributed by atoms with Crippen molar-refractivity contribution in [3.05, 3.63) is 107 Å². The van der Waals surface area contributed by atoms with Crippen LogP contribution in [0.15, 0.2) is 90.4 Å². The number of benzene rings is 3. The number of aliphatic hydroxyl groups excluding tert-OH is 1. The number of unbranched alkanes of at least 4 members (excludes halogenated alkanes) is 5. The molecule has 3 amide bonds. The smallest absolute Gasteiger partial charge is 0.224 e. The molecule has 6 rings (SSSR count). The Hall–Kier alpha value is -6.19. The van der Waals surface area contributed by atoms with Gasteiger partial charge in [-0.15, -0.1) is 21.5 Å². The number of amides is 3. The number of carbonyl (C=O) groups excluding carboxylic acids is 4. The first kappa shape index (κ1) is 49.2. The molecule has 0 radical (unpaired) electrons. The number of nitrogens with two attached hydrogens (primary N) is 1. The van der Waals surface area contributed by atoms with Crippen molar-refractivity contribution in [2.24, 2.45) is 17.3 Å². The van der Waals surface area contributed by atoms with Crippen molar-refractivity contribution in [1.29, 1.82) is 0 Å². The average molecular weight is 918 g/mol. The zero-order valence-corrected chi connectivity index (χ0v) is 39.1. The van der Waals surface area contributed by atoms with Crippen LogP contribution in [0.3, 0.4) is 0 Å². The van der Waals surface area contributed by atoms with Crippen molar-refractivity contribution in [2.75, 3.05) is 12.3 Å². The van der Waals surface area contributed by atoms with Crippen LogP contribution >= 0.6 is 11.3 Å². The van der Waals surface area contributed by atoms with E-state index in [1.54, 1.807) is 41.7 Å². The minimum atomic E-state index is -0.814. The molecule has 0 spiro atoms. The fourth-order valence-electron chi connectivity index (χ4n) is 8.40. The van der Waals surface area contributed by atoms with Gasteiger partial charge in [-0.1, -0.05) is 113 Å². The van der Waals surface area contributed by atoms with Gasteiger partial charge in [-0.3, -0.25) is 19.2 Å². The number of Topliss-reactive ketones (excluding diaryl/α,β-unsaturated/α-hetero) is 1. The van der Waals surface area contributed by atoms with Crippen LogP contribution in [-0.2, 0) is 25.7 Å². The van der Waals surface area contributed by atoms with Crippen molar-refractivity contribution in [3.8, 4) is 33.2 Å². The first-order chi connectivity index (χ1) is 31.7. The highest BCUT2D eigenvalue weighted by Crippen LogP contribution is 2.37. The third kappa shape index (κ3) is 13.7. The number of hydrogen-bond donors (Lipinski definition) is 6. The standard InChI is InChI=1S/C51H63N7O7S/c1-32-47(66-31-54-32)35-24-22-33(23-25-35)29-53-50(64)39-27-36(59)26-38(39)46(63)48(51(2,3)4)56-45(62)21-13-8-6-5-7-12-20-44(61)55-41(34-16-10-9-11-17-34)30-65-43-28-40(57-58-49(43)52)37-18-14-15-19-42(37)60/h9-11,14-19,22-25,28,31,36,38-39,41,48,59-60H,5-8,12-13,20-21,26-27,29-30H2,1-4H3,(H2,52,58)(H,53,64)(H,55,61)(H,56,62)/t36-,38?,39+,41?,48+/m0/s1. The predicted molar refractivity (Wildman–Crippen MR) is 256 cm³/mol. The average Bonchev–Trinajstić information content (AvgIpc) is 3.92. The van der Waals surface area contributed by atoms with Crippen molar-refractivity contribution < 1.29 is 34.1 Å². The highest BCUT2D eigenvalue weighted by molar-refractivity contribution is 7.13. The lowest BCUT2D eigenvalue weighted by molar-refractivity contribution is -0.137. The molecular weight excluding hydrogens is 855 g/mol. The number of phenolic OH excluding ortho intramolecular Hbond substituents is 1. The molecule has 1 fully saturated rings. The maximum Gasteiger partial charge on any atom is 0.224 e. The number of para-hydroxylation sites is 1. The van der Waals surface area contributed by atoms with E-state index in [1.165, 1.54) is 0 Å². The van der Waals surface area contributed by atoms with Gasteiger partial charge < -0.3 is 36.6 Å². The van der Waals surface area contributed by atoms with Gasteiger partial charge in [-0.25, -0.2) is 4.98 Å². The summed E-state index contributed by atoms with van der Waals surface area (Å²) in [4.78, 5) is 59.4. The van der Waals surface area contributed by atoms with Crippen molar-refractivity contribution in [1.82, 2.24) is 31.1 Å². The first-order valence-corrected chi connectivity index (χ1v) is 23.7. The largest absolute Gasteiger partial charge is 0.507 e. The number of nitrogens with one attached hydrogen (secondary N) is 3. The molecule has 3 aromatic carbocycles. The van der Waals surface area contributed by atoms with Crippen LogP contribution in [0.4, 0.5) is 5.82 Å². The Morgan fingerprint density at radius 1 is 0.833 bits per heavy atom. The minimum absolute atomic E-state index is 0.0535. The Labute approximate surface area is 391 Å². The van der Waals surface area contributed by atoms with E-state index in [1.807, 2.05) is 87.8 Å². The first-order valence-electron chi connectivity index (χ1n) is 22.8. The van der Waals surface area contributed by atoms with Gasteiger partial charge in [0.2, 0.25) is 17.7 Å². The third-order valence-corrected chi connectivity index (χ3v) is 13.1. The van der Waals surface area contributed by atoms with Gasteiger partial charge in [-0.05, 0) is 66.8 Å². The summed E-state index contributed by atoms with van der Waals surface area (Å²) in [6.07, 6.45) is 5.02. The monoisotopic (exact) mass is 917 g/mol. The zero-order valence-electron chi connectivity index (χ0n) is 38.3. The molecule has 0 saturated heterocycles. The van der Waals surface area contributed by atoms with Crippen LogP contribution in [0.2, 0.25) is 0 Å². The summed E-state index contributed by atoms with van der Waals surface area (Å²) < 4.78 is 6.08. The molecule has 5 atom stereocenters. The van der Waals surface area contributed by atoms with E-state index in [9.17, 15) is 29.4 Å². The molecule has 1 aliphatic rings. The second kappa shape index (κ2) is 23.3. The Kier molecular flexibility index (Phi) is 17.4. The van der Waals surface area contributed by atoms with Gasteiger partial charge in [-0.2, -0.15) is 0 Å². The van der Waals surface area contributed by atoms with E-state index < -0.39 is 35.4 Å². The number of hydrogen-bond acceptors (Lipinski definition) is 12. The normalized spacial score (nSPS) is 16.8. The summed E-state index contributed by atoms with van der Waals surface area (Å²) in [5, 5.41) is 38.1. The highest BCUT2D eigenvalue weighted by atomic mass is 32.1. The van der Waals surface area contributed by atoms with Crippen molar-refractivity contribution >= 4 is 40.7 Å². The van der Waals surface area contributed by atoms with E-state index in [-0.39, 0.29) is 66.7 Å². The fraction of sp³-hybridized carbons (Fsp3) is 0.431. The quantitative estimate of drug-likeness (QED) is 0.0365. The number of carbonyl (C=O) groups is 4. The van der Waals surface area contributed by atoms with Crippen molar-refractivity contribution in [2.45, 2.75) is 117 Å². The molecule has 1 aliphatic carbocycles. The number of ketones is 1. The molecule has 7 N–H and O–H groups in total. The second-order valence-corrected chi connectivity index (χ2v) is 19.1. The maximum atomic E-state index is 14.1. The maximum absolute atomic E-state index is 14.1.